The molecular formula is C14H24N4O2S. The Balaban J connectivity index is 2.87. The molecule has 0 saturated carbocycles. The maximum atomic E-state index is 11.8. The molecule has 0 spiro atoms. The lowest BCUT2D eigenvalue weighted by Gasteiger charge is -2.22. The molecule has 1 aromatic rings. The van der Waals surface area contributed by atoms with E-state index in [9.17, 15) is 8.42 Å². The molecule has 118 valence electrons. The summed E-state index contributed by atoms with van der Waals surface area (Å²) in [5.41, 5.74) is 0.964. The zero-order chi connectivity index (χ0) is 16.0. The van der Waals surface area contributed by atoms with Crippen LogP contribution in [0.15, 0.2) is 34.2 Å². The molecular weight excluding hydrogens is 288 g/mol. The maximum Gasteiger partial charge on any atom is 0.240 e. The highest BCUT2D eigenvalue weighted by atomic mass is 32.2. The summed E-state index contributed by atoms with van der Waals surface area (Å²) >= 11 is 0. The van der Waals surface area contributed by atoms with Gasteiger partial charge in [-0.15, -0.1) is 0 Å². The van der Waals surface area contributed by atoms with Gasteiger partial charge in [-0.3, -0.25) is 0 Å². The summed E-state index contributed by atoms with van der Waals surface area (Å²) in [5.74, 6) is 0.861. The largest absolute Gasteiger partial charge is 0.349 e. The van der Waals surface area contributed by atoms with Crippen LogP contribution in [-0.2, 0) is 16.6 Å². The van der Waals surface area contributed by atoms with Gasteiger partial charge in [0.1, 0.15) is 0 Å². The van der Waals surface area contributed by atoms with Crippen LogP contribution in [0.25, 0.3) is 0 Å². The molecule has 0 fully saturated rings. The van der Waals surface area contributed by atoms with Gasteiger partial charge in [0.25, 0.3) is 0 Å². The van der Waals surface area contributed by atoms with Gasteiger partial charge in [0.2, 0.25) is 10.0 Å². The van der Waals surface area contributed by atoms with E-state index in [1.165, 1.54) is 0 Å². The second kappa shape index (κ2) is 7.42. The van der Waals surface area contributed by atoms with Gasteiger partial charge in [-0.05, 0) is 17.7 Å². The zero-order valence-electron chi connectivity index (χ0n) is 13.3. The van der Waals surface area contributed by atoms with Crippen LogP contribution in [0.3, 0.4) is 0 Å². The predicted octanol–water partition coefficient (Wildman–Crippen LogP) is 0.964. The third kappa shape index (κ3) is 5.02. The molecule has 0 heterocycles. The summed E-state index contributed by atoms with van der Waals surface area (Å²) in [6.07, 6.45) is 0. The lowest BCUT2D eigenvalue weighted by Crippen LogP contribution is -2.35. The van der Waals surface area contributed by atoms with Crippen molar-refractivity contribution in [2.24, 2.45) is 4.99 Å². The van der Waals surface area contributed by atoms with Gasteiger partial charge in [0.15, 0.2) is 5.96 Å². The monoisotopic (exact) mass is 312 g/mol. The second-order valence-electron chi connectivity index (χ2n) is 5.05. The molecule has 0 aliphatic rings. The van der Waals surface area contributed by atoms with Crippen molar-refractivity contribution in [2.75, 3.05) is 34.7 Å². The number of rotatable bonds is 5. The molecule has 6 nitrogen and oxygen atoms in total. The molecule has 1 rings (SSSR count). The maximum absolute atomic E-state index is 11.8. The summed E-state index contributed by atoms with van der Waals surface area (Å²) in [6, 6.07) is 6.79. The van der Waals surface area contributed by atoms with Crippen LogP contribution in [0.1, 0.15) is 12.5 Å². The van der Waals surface area contributed by atoms with Crippen LogP contribution >= 0.6 is 0 Å². The smallest absolute Gasteiger partial charge is 0.240 e. The summed E-state index contributed by atoms with van der Waals surface area (Å²) < 4.78 is 26.1. The first kappa shape index (κ1) is 17.5. The minimum absolute atomic E-state index is 0.275. The van der Waals surface area contributed by atoms with Gasteiger partial charge in [-0.1, -0.05) is 19.1 Å². The average molecular weight is 312 g/mol. The number of nitrogens with one attached hydrogen (secondary N) is 1. The van der Waals surface area contributed by atoms with Gasteiger partial charge in [0.05, 0.1) is 11.4 Å². The Morgan fingerprint density at radius 1 is 1.10 bits per heavy atom. The van der Waals surface area contributed by atoms with Crippen molar-refractivity contribution in [1.82, 2.24) is 14.5 Å². The minimum Gasteiger partial charge on any atom is -0.349 e. The Morgan fingerprint density at radius 2 is 1.62 bits per heavy atom. The van der Waals surface area contributed by atoms with Crippen LogP contribution < -0.4 is 4.72 Å². The third-order valence-corrected chi connectivity index (χ3v) is 4.33. The van der Waals surface area contributed by atoms with Gasteiger partial charge < -0.3 is 9.80 Å². The van der Waals surface area contributed by atoms with E-state index in [2.05, 4.69) is 9.71 Å². The van der Waals surface area contributed by atoms with E-state index in [4.69, 9.17) is 0 Å². The number of benzene rings is 1. The number of nitrogens with zero attached hydrogens (tertiary/aromatic N) is 3. The summed E-state index contributed by atoms with van der Waals surface area (Å²) in [6.45, 7) is 2.64. The van der Waals surface area contributed by atoms with Crippen molar-refractivity contribution in [3.8, 4) is 0 Å². The number of guanidine groups is 1. The highest BCUT2D eigenvalue weighted by Gasteiger charge is 2.11. The molecule has 0 atom stereocenters. The molecule has 21 heavy (non-hydrogen) atoms. The third-order valence-electron chi connectivity index (χ3n) is 2.77. The molecule has 1 aromatic carbocycles. The van der Waals surface area contributed by atoms with E-state index in [0.29, 0.717) is 13.1 Å². The van der Waals surface area contributed by atoms with Crippen molar-refractivity contribution < 1.29 is 8.42 Å². The van der Waals surface area contributed by atoms with E-state index in [1.807, 2.05) is 38.0 Å². The van der Waals surface area contributed by atoms with Crippen molar-refractivity contribution in [3.05, 3.63) is 29.8 Å². The Hall–Kier alpha value is -1.60. The number of sulfonamides is 1. The first-order valence-corrected chi connectivity index (χ1v) is 8.24. The standard InChI is InChI=1S/C14H24N4O2S/c1-6-16-21(19,20)13-9-7-12(8-10-13)11-15-14(17(2)3)18(4)5/h7-10,16H,6,11H2,1-5H3. The molecule has 0 radical (unpaired) electrons. The van der Waals surface area contributed by atoms with Crippen LogP contribution in [0.2, 0.25) is 0 Å². The Kier molecular flexibility index (Phi) is 6.17. The summed E-state index contributed by atoms with van der Waals surface area (Å²) in [7, 11) is 4.35. The fourth-order valence-corrected chi connectivity index (χ4v) is 2.93. The molecule has 7 heteroatoms. The SMILES string of the molecule is CCNS(=O)(=O)c1ccc(CN=C(N(C)C)N(C)C)cc1. The van der Waals surface area contributed by atoms with Gasteiger partial charge in [-0.2, -0.15) is 0 Å². The zero-order valence-corrected chi connectivity index (χ0v) is 14.1. The predicted molar refractivity (Wildman–Crippen MR) is 85.8 cm³/mol. The average Bonchev–Trinajstić information content (AvgIpc) is 2.38. The Labute approximate surface area is 127 Å². The van der Waals surface area contributed by atoms with Gasteiger partial charge in [-0.25, -0.2) is 18.1 Å². The van der Waals surface area contributed by atoms with Gasteiger partial charge in [0, 0.05) is 34.7 Å². The fraction of sp³-hybridized carbons (Fsp3) is 0.500. The summed E-state index contributed by atoms with van der Waals surface area (Å²) in [5, 5.41) is 0. The highest BCUT2D eigenvalue weighted by Crippen LogP contribution is 2.11. The van der Waals surface area contributed by atoms with Gasteiger partial charge >= 0.3 is 0 Å². The van der Waals surface area contributed by atoms with E-state index in [-0.39, 0.29) is 4.90 Å². The normalized spacial score (nSPS) is 11.1. The summed E-state index contributed by atoms with van der Waals surface area (Å²) in [4.78, 5) is 8.67. The van der Waals surface area contributed by atoms with Crippen molar-refractivity contribution >= 4 is 16.0 Å². The van der Waals surface area contributed by atoms with E-state index in [0.717, 1.165) is 11.5 Å². The number of hydrogen-bond donors (Lipinski definition) is 1. The first-order chi connectivity index (χ1) is 9.77. The Bertz CT molecular complexity index is 567. The van der Waals surface area contributed by atoms with Crippen molar-refractivity contribution in [3.63, 3.8) is 0 Å². The topological polar surface area (TPSA) is 65.0 Å². The van der Waals surface area contributed by atoms with E-state index >= 15 is 0 Å². The molecule has 0 unspecified atom stereocenters. The molecule has 1 N–H and O–H groups in total. The van der Waals surface area contributed by atoms with Crippen LogP contribution in [-0.4, -0.2) is 58.9 Å². The van der Waals surface area contributed by atoms with Crippen molar-refractivity contribution in [2.45, 2.75) is 18.4 Å². The highest BCUT2D eigenvalue weighted by molar-refractivity contribution is 7.89. The fourth-order valence-electron chi connectivity index (χ4n) is 1.89. The number of aliphatic imine (C=N–C) groups is 1. The molecule has 0 aromatic heterocycles. The quantitative estimate of drug-likeness (QED) is 0.650. The lowest BCUT2D eigenvalue weighted by molar-refractivity contribution is 0.479. The molecule has 0 bridgehead atoms. The van der Waals surface area contributed by atoms with Crippen molar-refractivity contribution in [1.29, 1.82) is 0 Å². The van der Waals surface area contributed by atoms with Crippen LogP contribution in [0, 0.1) is 0 Å². The Morgan fingerprint density at radius 3 is 2.05 bits per heavy atom. The second-order valence-corrected chi connectivity index (χ2v) is 6.82. The molecule has 0 aliphatic heterocycles. The lowest BCUT2D eigenvalue weighted by atomic mass is 10.2. The number of hydrogen-bond acceptors (Lipinski definition) is 3. The van der Waals surface area contributed by atoms with Crippen LogP contribution in [0.4, 0.5) is 0 Å². The van der Waals surface area contributed by atoms with E-state index < -0.39 is 10.0 Å². The minimum atomic E-state index is -3.39. The van der Waals surface area contributed by atoms with E-state index in [1.54, 1.807) is 31.2 Å². The molecule has 0 amide bonds. The molecule has 0 saturated heterocycles. The van der Waals surface area contributed by atoms with Crippen LogP contribution in [0.5, 0.6) is 0 Å². The molecule has 0 aliphatic carbocycles. The first-order valence-electron chi connectivity index (χ1n) is 6.75.